The zero-order valence-corrected chi connectivity index (χ0v) is 12.7. The van der Waals surface area contributed by atoms with Crippen LogP contribution in [0.15, 0.2) is 24.3 Å². The zero-order chi connectivity index (χ0) is 15.7. The number of para-hydroxylation sites is 1. The van der Waals surface area contributed by atoms with E-state index in [9.17, 15) is 9.59 Å². The monoisotopic (exact) mass is 320 g/mol. The lowest BCUT2D eigenvalue weighted by molar-refractivity contribution is -0.142. The van der Waals surface area contributed by atoms with Crippen LogP contribution >= 0.6 is 11.6 Å². The highest BCUT2D eigenvalue weighted by Crippen LogP contribution is 2.28. The van der Waals surface area contributed by atoms with Gasteiger partial charge in [-0.1, -0.05) is 29.8 Å². The summed E-state index contributed by atoms with van der Waals surface area (Å²) in [7, 11) is 0. The Balaban J connectivity index is 1.69. The number of hydrogen-bond donors (Lipinski definition) is 3. The first-order chi connectivity index (χ1) is 10.6. The molecule has 0 atom stereocenters. The summed E-state index contributed by atoms with van der Waals surface area (Å²) in [5.74, 6) is -1.27. The Morgan fingerprint density at radius 3 is 2.50 bits per heavy atom. The molecule has 1 saturated carbocycles. The number of carbonyl (C=O) groups is 2. The second-order valence-corrected chi connectivity index (χ2v) is 6.10. The van der Waals surface area contributed by atoms with Gasteiger partial charge in [-0.3, -0.25) is 9.59 Å². The SMILES string of the molecule is O=C(NC1CCC(C(=O)O)CC1)c1[nH]c2ccccc2c1Cl. The van der Waals surface area contributed by atoms with Gasteiger partial charge in [-0.2, -0.15) is 0 Å². The van der Waals surface area contributed by atoms with Gasteiger partial charge in [0.2, 0.25) is 0 Å². The lowest BCUT2D eigenvalue weighted by Gasteiger charge is -2.26. The van der Waals surface area contributed by atoms with Crippen molar-refractivity contribution in [1.82, 2.24) is 10.3 Å². The molecule has 2 aromatic rings. The number of benzene rings is 1. The maximum absolute atomic E-state index is 12.4. The Labute approximate surface area is 132 Å². The van der Waals surface area contributed by atoms with Gasteiger partial charge in [-0.15, -0.1) is 0 Å². The number of amides is 1. The number of aliphatic carboxylic acids is 1. The molecular weight excluding hydrogens is 304 g/mol. The van der Waals surface area contributed by atoms with E-state index >= 15 is 0 Å². The first-order valence-corrected chi connectivity index (χ1v) is 7.74. The van der Waals surface area contributed by atoms with Gasteiger partial charge in [-0.25, -0.2) is 0 Å². The molecule has 1 aromatic carbocycles. The lowest BCUT2D eigenvalue weighted by Crippen LogP contribution is -2.38. The van der Waals surface area contributed by atoms with Gasteiger partial charge in [0.1, 0.15) is 5.69 Å². The van der Waals surface area contributed by atoms with E-state index in [0.717, 1.165) is 10.9 Å². The largest absolute Gasteiger partial charge is 0.481 e. The number of aromatic amines is 1. The number of aromatic nitrogens is 1. The van der Waals surface area contributed by atoms with Crippen LogP contribution in [0.3, 0.4) is 0 Å². The molecule has 0 bridgehead atoms. The van der Waals surface area contributed by atoms with Gasteiger partial charge in [0.25, 0.3) is 5.91 Å². The molecule has 0 saturated heterocycles. The van der Waals surface area contributed by atoms with E-state index in [1.807, 2.05) is 24.3 Å². The fourth-order valence-corrected chi connectivity index (χ4v) is 3.30. The summed E-state index contributed by atoms with van der Waals surface area (Å²) in [6, 6.07) is 7.49. The molecule has 1 aliphatic carbocycles. The molecule has 5 nitrogen and oxygen atoms in total. The molecule has 1 fully saturated rings. The molecule has 1 aliphatic rings. The second-order valence-electron chi connectivity index (χ2n) is 5.72. The highest BCUT2D eigenvalue weighted by molar-refractivity contribution is 6.38. The number of fused-ring (bicyclic) bond motifs is 1. The Kier molecular flexibility index (Phi) is 4.07. The molecule has 1 heterocycles. The summed E-state index contributed by atoms with van der Waals surface area (Å²) in [5.41, 5.74) is 1.19. The van der Waals surface area contributed by atoms with Gasteiger partial charge in [0.05, 0.1) is 10.9 Å². The minimum Gasteiger partial charge on any atom is -0.481 e. The topological polar surface area (TPSA) is 82.2 Å². The molecule has 3 rings (SSSR count). The number of carboxylic acid groups (broad SMARTS) is 1. The summed E-state index contributed by atoms with van der Waals surface area (Å²) < 4.78 is 0. The third-order valence-corrected chi connectivity index (χ3v) is 4.67. The van der Waals surface area contributed by atoms with Crippen LogP contribution in [0.2, 0.25) is 5.02 Å². The molecule has 1 amide bonds. The van der Waals surface area contributed by atoms with Crippen molar-refractivity contribution >= 4 is 34.4 Å². The van der Waals surface area contributed by atoms with Gasteiger partial charge in [0.15, 0.2) is 0 Å². The van der Waals surface area contributed by atoms with Crippen molar-refractivity contribution in [2.75, 3.05) is 0 Å². The van der Waals surface area contributed by atoms with Crippen LogP contribution in [-0.2, 0) is 4.79 Å². The number of carboxylic acids is 1. The highest BCUT2D eigenvalue weighted by atomic mass is 35.5. The average molecular weight is 321 g/mol. The summed E-state index contributed by atoms with van der Waals surface area (Å²) in [6.07, 6.45) is 2.56. The number of hydrogen-bond acceptors (Lipinski definition) is 2. The van der Waals surface area contributed by atoms with Crippen molar-refractivity contribution in [2.24, 2.45) is 5.92 Å². The smallest absolute Gasteiger partial charge is 0.306 e. The van der Waals surface area contributed by atoms with Crippen LogP contribution in [0.5, 0.6) is 0 Å². The van der Waals surface area contributed by atoms with Crippen molar-refractivity contribution < 1.29 is 14.7 Å². The van der Waals surface area contributed by atoms with E-state index in [2.05, 4.69) is 10.3 Å². The number of carbonyl (C=O) groups excluding carboxylic acids is 1. The quantitative estimate of drug-likeness (QED) is 0.812. The van der Waals surface area contributed by atoms with Gasteiger partial charge in [0, 0.05) is 16.9 Å². The van der Waals surface area contributed by atoms with E-state index in [-0.39, 0.29) is 17.9 Å². The minimum absolute atomic E-state index is 0.00517. The van der Waals surface area contributed by atoms with Crippen molar-refractivity contribution in [3.8, 4) is 0 Å². The molecule has 0 aliphatic heterocycles. The predicted octanol–water partition coefficient (Wildman–Crippen LogP) is 3.19. The molecule has 6 heteroatoms. The Morgan fingerprint density at radius 2 is 1.86 bits per heavy atom. The number of nitrogens with one attached hydrogen (secondary N) is 2. The normalized spacial score (nSPS) is 21.7. The summed E-state index contributed by atoms with van der Waals surface area (Å²) in [4.78, 5) is 26.4. The van der Waals surface area contributed by atoms with E-state index in [4.69, 9.17) is 16.7 Å². The third kappa shape index (κ3) is 2.81. The van der Waals surface area contributed by atoms with Crippen molar-refractivity contribution in [3.63, 3.8) is 0 Å². The predicted molar refractivity (Wildman–Crippen MR) is 84.2 cm³/mol. The van der Waals surface area contributed by atoms with E-state index in [1.54, 1.807) is 0 Å². The molecular formula is C16H17ClN2O3. The van der Waals surface area contributed by atoms with E-state index in [1.165, 1.54) is 0 Å². The van der Waals surface area contributed by atoms with Crippen molar-refractivity contribution in [2.45, 2.75) is 31.7 Å². The van der Waals surface area contributed by atoms with Gasteiger partial charge in [-0.05, 0) is 31.7 Å². The van der Waals surface area contributed by atoms with Crippen LogP contribution in [-0.4, -0.2) is 28.0 Å². The second kappa shape index (κ2) is 6.01. The van der Waals surface area contributed by atoms with E-state index < -0.39 is 5.97 Å². The van der Waals surface area contributed by atoms with Gasteiger partial charge < -0.3 is 15.4 Å². The Morgan fingerprint density at radius 1 is 1.18 bits per heavy atom. The van der Waals surface area contributed by atoms with Crippen LogP contribution in [0.1, 0.15) is 36.2 Å². The molecule has 0 radical (unpaired) electrons. The molecule has 22 heavy (non-hydrogen) atoms. The van der Waals surface area contributed by atoms with Crippen LogP contribution in [0.4, 0.5) is 0 Å². The molecule has 116 valence electrons. The van der Waals surface area contributed by atoms with Crippen LogP contribution < -0.4 is 5.32 Å². The molecule has 3 N–H and O–H groups in total. The standard InChI is InChI=1S/C16H17ClN2O3/c17-13-11-3-1-2-4-12(11)19-14(13)15(20)18-10-7-5-9(6-8-10)16(21)22/h1-4,9-10,19H,5-8H2,(H,18,20)(H,21,22). The number of halogens is 1. The fourth-order valence-electron chi connectivity index (χ4n) is 3.01. The van der Waals surface area contributed by atoms with E-state index in [0.29, 0.717) is 36.4 Å². The van der Waals surface area contributed by atoms with Gasteiger partial charge >= 0.3 is 5.97 Å². The zero-order valence-electron chi connectivity index (χ0n) is 11.9. The highest BCUT2D eigenvalue weighted by Gasteiger charge is 2.27. The van der Waals surface area contributed by atoms with Crippen molar-refractivity contribution in [1.29, 1.82) is 0 Å². The minimum atomic E-state index is -0.747. The summed E-state index contributed by atoms with van der Waals surface area (Å²) >= 11 is 6.26. The molecule has 0 spiro atoms. The first-order valence-electron chi connectivity index (χ1n) is 7.36. The van der Waals surface area contributed by atoms with Crippen LogP contribution in [0, 0.1) is 5.92 Å². The summed E-state index contributed by atoms with van der Waals surface area (Å²) in [6.45, 7) is 0. The number of rotatable bonds is 3. The Hall–Kier alpha value is -2.01. The first kappa shape index (κ1) is 14.9. The van der Waals surface area contributed by atoms with Crippen molar-refractivity contribution in [3.05, 3.63) is 35.0 Å². The third-order valence-electron chi connectivity index (χ3n) is 4.28. The lowest BCUT2D eigenvalue weighted by atomic mass is 9.86. The summed E-state index contributed by atoms with van der Waals surface area (Å²) in [5, 5.41) is 13.2. The number of H-pyrrole nitrogens is 1. The average Bonchev–Trinajstić information content (AvgIpc) is 2.85. The van der Waals surface area contributed by atoms with Crippen LogP contribution in [0.25, 0.3) is 10.9 Å². The Bertz CT molecular complexity index is 717. The molecule has 1 aromatic heterocycles. The maximum Gasteiger partial charge on any atom is 0.306 e. The fraction of sp³-hybridized carbons (Fsp3) is 0.375. The molecule has 0 unspecified atom stereocenters. The maximum atomic E-state index is 12.4.